The van der Waals surface area contributed by atoms with Gasteiger partial charge in [-0.2, -0.15) is 0 Å². The van der Waals surface area contributed by atoms with Gasteiger partial charge >= 0.3 is 0 Å². The van der Waals surface area contributed by atoms with Crippen LogP contribution in [0.1, 0.15) is 35.3 Å². The van der Waals surface area contributed by atoms with Crippen molar-refractivity contribution in [2.75, 3.05) is 13.2 Å². The zero-order valence-corrected chi connectivity index (χ0v) is 13.6. The van der Waals surface area contributed by atoms with Crippen LogP contribution in [0.25, 0.3) is 10.9 Å². The fourth-order valence-electron chi connectivity index (χ4n) is 3.51. The lowest BCUT2D eigenvalue weighted by Gasteiger charge is -2.25. The number of rotatable bonds is 3. The number of fused-ring (bicyclic) bond motifs is 3. The molecule has 1 aliphatic heterocycles. The average Bonchev–Trinajstić information content (AvgIpc) is 2.94. The first-order chi connectivity index (χ1) is 11.3. The molecule has 2 N–H and O–H groups in total. The molecule has 0 radical (unpaired) electrons. The SMILES string of the molecule is CCOc1ccc2[nH]c3c(c2c1)CCNC3c1ccc(C)cc1. The summed E-state index contributed by atoms with van der Waals surface area (Å²) in [6.07, 6.45) is 1.05. The maximum absolute atomic E-state index is 5.67. The standard InChI is InChI=1S/C20H22N2O/c1-3-23-15-8-9-18-17(12-15)16-10-11-21-19(20(16)22-18)14-6-4-13(2)5-7-14/h4-9,12,19,21-22H,3,10-11H2,1-2H3. The van der Waals surface area contributed by atoms with E-state index in [0.717, 1.165) is 18.7 Å². The van der Waals surface area contributed by atoms with Gasteiger partial charge in [-0.1, -0.05) is 29.8 Å². The minimum Gasteiger partial charge on any atom is -0.494 e. The van der Waals surface area contributed by atoms with Crippen molar-refractivity contribution in [3.63, 3.8) is 0 Å². The largest absolute Gasteiger partial charge is 0.494 e. The molecule has 0 saturated heterocycles. The summed E-state index contributed by atoms with van der Waals surface area (Å²) in [5.74, 6) is 0.951. The molecule has 3 nitrogen and oxygen atoms in total. The Bertz CT molecular complexity index is 833. The second-order valence-electron chi connectivity index (χ2n) is 6.21. The van der Waals surface area contributed by atoms with Crippen molar-refractivity contribution < 1.29 is 4.74 Å². The Morgan fingerprint density at radius 2 is 1.96 bits per heavy atom. The fourth-order valence-corrected chi connectivity index (χ4v) is 3.51. The zero-order chi connectivity index (χ0) is 15.8. The second kappa shape index (κ2) is 5.74. The van der Waals surface area contributed by atoms with Crippen molar-refractivity contribution in [3.05, 3.63) is 64.8 Å². The summed E-state index contributed by atoms with van der Waals surface area (Å²) in [7, 11) is 0. The molecule has 1 aromatic heterocycles. The van der Waals surface area contributed by atoms with Gasteiger partial charge in [0.05, 0.1) is 12.6 Å². The lowest BCUT2D eigenvalue weighted by atomic mass is 9.94. The van der Waals surface area contributed by atoms with E-state index in [4.69, 9.17) is 4.74 Å². The highest BCUT2D eigenvalue weighted by molar-refractivity contribution is 5.86. The van der Waals surface area contributed by atoms with E-state index in [9.17, 15) is 0 Å². The first-order valence-electron chi connectivity index (χ1n) is 8.33. The van der Waals surface area contributed by atoms with Gasteiger partial charge in [0.2, 0.25) is 0 Å². The van der Waals surface area contributed by atoms with E-state index in [1.807, 2.05) is 13.0 Å². The molecule has 0 saturated carbocycles. The van der Waals surface area contributed by atoms with E-state index in [2.05, 4.69) is 53.6 Å². The molecule has 0 spiro atoms. The number of hydrogen-bond acceptors (Lipinski definition) is 2. The first-order valence-corrected chi connectivity index (χ1v) is 8.33. The molecular weight excluding hydrogens is 284 g/mol. The van der Waals surface area contributed by atoms with Crippen molar-refractivity contribution in [2.45, 2.75) is 26.3 Å². The highest BCUT2D eigenvalue weighted by atomic mass is 16.5. The van der Waals surface area contributed by atoms with Gasteiger partial charge in [-0.25, -0.2) is 0 Å². The quantitative estimate of drug-likeness (QED) is 0.764. The number of nitrogens with one attached hydrogen (secondary N) is 2. The van der Waals surface area contributed by atoms with E-state index in [1.165, 1.54) is 33.3 Å². The summed E-state index contributed by atoms with van der Waals surface area (Å²) >= 11 is 0. The number of hydrogen-bond donors (Lipinski definition) is 2. The molecule has 118 valence electrons. The predicted octanol–water partition coefficient (Wildman–Crippen LogP) is 4.11. The maximum atomic E-state index is 5.67. The van der Waals surface area contributed by atoms with Crippen LogP contribution in [-0.4, -0.2) is 18.1 Å². The molecule has 0 bridgehead atoms. The fraction of sp³-hybridized carbons (Fsp3) is 0.300. The molecule has 0 aliphatic carbocycles. The highest BCUT2D eigenvalue weighted by Gasteiger charge is 2.25. The Morgan fingerprint density at radius 1 is 1.13 bits per heavy atom. The van der Waals surface area contributed by atoms with Crippen LogP contribution in [0.2, 0.25) is 0 Å². The van der Waals surface area contributed by atoms with Crippen LogP contribution < -0.4 is 10.1 Å². The number of ether oxygens (including phenoxy) is 1. The third-order valence-corrected chi connectivity index (χ3v) is 4.64. The monoisotopic (exact) mass is 306 g/mol. The topological polar surface area (TPSA) is 37.0 Å². The van der Waals surface area contributed by atoms with Crippen LogP contribution in [0.3, 0.4) is 0 Å². The summed E-state index contributed by atoms with van der Waals surface area (Å²) in [6.45, 7) is 5.85. The first kappa shape index (κ1) is 14.3. The molecule has 2 aromatic carbocycles. The van der Waals surface area contributed by atoms with Gasteiger partial charge in [0, 0.05) is 23.1 Å². The van der Waals surface area contributed by atoms with Crippen LogP contribution >= 0.6 is 0 Å². The van der Waals surface area contributed by atoms with Crippen LogP contribution in [0.15, 0.2) is 42.5 Å². The Morgan fingerprint density at radius 3 is 2.74 bits per heavy atom. The summed E-state index contributed by atoms with van der Waals surface area (Å²) in [5, 5.41) is 4.95. The molecule has 1 aliphatic rings. The van der Waals surface area contributed by atoms with Crippen LogP contribution in [0.5, 0.6) is 5.75 Å². The second-order valence-corrected chi connectivity index (χ2v) is 6.21. The van der Waals surface area contributed by atoms with E-state index >= 15 is 0 Å². The van der Waals surface area contributed by atoms with Crippen molar-refractivity contribution >= 4 is 10.9 Å². The van der Waals surface area contributed by atoms with E-state index in [0.29, 0.717) is 6.61 Å². The van der Waals surface area contributed by atoms with Gasteiger partial charge in [0.1, 0.15) is 5.75 Å². The Hall–Kier alpha value is -2.26. The Balaban J connectivity index is 1.81. The molecule has 0 amide bonds. The Kier molecular flexibility index (Phi) is 3.58. The molecule has 4 rings (SSSR count). The smallest absolute Gasteiger partial charge is 0.120 e. The molecule has 1 atom stereocenters. The van der Waals surface area contributed by atoms with Crippen molar-refractivity contribution in [1.29, 1.82) is 0 Å². The number of aryl methyl sites for hydroxylation is 1. The maximum Gasteiger partial charge on any atom is 0.120 e. The minimum atomic E-state index is 0.238. The average molecular weight is 306 g/mol. The van der Waals surface area contributed by atoms with Gasteiger partial charge in [-0.15, -0.1) is 0 Å². The lowest BCUT2D eigenvalue weighted by molar-refractivity contribution is 0.340. The molecule has 2 heterocycles. The molecule has 3 aromatic rings. The van der Waals surface area contributed by atoms with Gasteiger partial charge in [0.25, 0.3) is 0 Å². The molecule has 3 heteroatoms. The summed E-state index contributed by atoms with van der Waals surface area (Å²) in [4.78, 5) is 3.63. The van der Waals surface area contributed by atoms with Crippen LogP contribution in [0.4, 0.5) is 0 Å². The molecular formula is C20H22N2O. The summed E-state index contributed by atoms with van der Waals surface area (Å²) in [5.41, 5.74) is 6.52. The zero-order valence-electron chi connectivity index (χ0n) is 13.6. The lowest BCUT2D eigenvalue weighted by Crippen LogP contribution is -2.30. The number of benzene rings is 2. The van der Waals surface area contributed by atoms with Gasteiger partial charge < -0.3 is 15.0 Å². The normalized spacial score (nSPS) is 17.2. The van der Waals surface area contributed by atoms with Gasteiger partial charge in [0.15, 0.2) is 0 Å². The van der Waals surface area contributed by atoms with E-state index in [-0.39, 0.29) is 6.04 Å². The van der Waals surface area contributed by atoms with Crippen molar-refractivity contribution in [3.8, 4) is 5.75 Å². The molecule has 23 heavy (non-hydrogen) atoms. The Labute approximate surface area is 136 Å². The third kappa shape index (κ3) is 2.51. The third-order valence-electron chi connectivity index (χ3n) is 4.64. The van der Waals surface area contributed by atoms with E-state index in [1.54, 1.807) is 0 Å². The number of aromatic nitrogens is 1. The van der Waals surface area contributed by atoms with Gasteiger partial charge in [-0.05, 0) is 49.6 Å². The van der Waals surface area contributed by atoms with Crippen LogP contribution in [-0.2, 0) is 6.42 Å². The van der Waals surface area contributed by atoms with E-state index < -0.39 is 0 Å². The number of aromatic amines is 1. The van der Waals surface area contributed by atoms with Crippen LogP contribution in [0, 0.1) is 6.92 Å². The summed E-state index contributed by atoms with van der Waals surface area (Å²) < 4.78 is 5.67. The van der Waals surface area contributed by atoms with Gasteiger partial charge in [-0.3, -0.25) is 0 Å². The highest BCUT2D eigenvalue weighted by Crippen LogP contribution is 2.35. The van der Waals surface area contributed by atoms with Crippen molar-refractivity contribution in [2.24, 2.45) is 0 Å². The van der Waals surface area contributed by atoms with Crippen molar-refractivity contribution in [1.82, 2.24) is 10.3 Å². The summed E-state index contributed by atoms with van der Waals surface area (Å²) in [6, 6.07) is 15.4. The minimum absolute atomic E-state index is 0.238. The molecule has 1 unspecified atom stereocenters. The molecule has 0 fully saturated rings. The predicted molar refractivity (Wildman–Crippen MR) is 94.2 cm³/mol. The number of H-pyrrole nitrogens is 1.